The zero-order chi connectivity index (χ0) is 13.1. The molecule has 2 rings (SSSR count). The molecular weight excluding hydrogens is 301 g/mol. The van der Waals surface area contributed by atoms with Crippen molar-refractivity contribution in [1.29, 1.82) is 0 Å². The minimum absolute atomic E-state index is 0.341. The van der Waals surface area contributed by atoms with Crippen molar-refractivity contribution < 1.29 is 14.2 Å². The van der Waals surface area contributed by atoms with E-state index in [0.29, 0.717) is 21.7 Å². The van der Waals surface area contributed by atoms with Crippen molar-refractivity contribution in [2.45, 2.75) is 13.0 Å². The van der Waals surface area contributed by atoms with Crippen molar-refractivity contribution in [2.24, 2.45) is 0 Å². The maximum Gasteiger partial charge on any atom is 0.145 e. The molecule has 3 nitrogen and oxygen atoms in total. The van der Waals surface area contributed by atoms with Crippen LogP contribution in [0.3, 0.4) is 0 Å². The average molecular weight is 312 g/mol. The van der Waals surface area contributed by atoms with Gasteiger partial charge < -0.3 is 9.84 Å². The number of aliphatic hydroxyl groups is 1. The summed E-state index contributed by atoms with van der Waals surface area (Å²) in [6.07, 6.45) is 0.901. The van der Waals surface area contributed by atoms with E-state index in [4.69, 9.17) is 4.74 Å². The van der Waals surface area contributed by atoms with Crippen molar-refractivity contribution in [1.82, 2.24) is 4.98 Å². The Morgan fingerprint density at radius 3 is 2.56 bits per heavy atom. The van der Waals surface area contributed by atoms with Crippen LogP contribution < -0.4 is 4.74 Å². The predicted octanol–water partition coefficient (Wildman–Crippen LogP) is 3.83. The molecule has 0 radical (unpaired) electrons. The third kappa shape index (κ3) is 3.05. The molecule has 5 heteroatoms. The van der Waals surface area contributed by atoms with Crippen LogP contribution in [-0.4, -0.2) is 10.1 Å². The minimum atomic E-state index is -0.612. The van der Waals surface area contributed by atoms with Gasteiger partial charge in [0.15, 0.2) is 0 Å². The Morgan fingerprint density at radius 1 is 1.28 bits per heavy atom. The predicted molar refractivity (Wildman–Crippen MR) is 69.0 cm³/mol. The number of benzene rings is 1. The molecule has 1 aromatic heterocycles. The quantitative estimate of drug-likeness (QED) is 0.936. The highest BCUT2D eigenvalue weighted by atomic mass is 79.9. The zero-order valence-electron chi connectivity index (χ0n) is 9.60. The molecule has 94 valence electrons. The Bertz CT molecular complexity index is 543. The molecular formula is C13H11BrFNO2. The third-order valence-electron chi connectivity index (χ3n) is 2.31. The maximum absolute atomic E-state index is 13.0. The highest BCUT2D eigenvalue weighted by Crippen LogP contribution is 2.26. The smallest absolute Gasteiger partial charge is 0.145 e. The molecule has 0 saturated carbocycles. The van der Waals surface area contributed by atoms with E-state index in [-0.39, 0.29) is 5.82 Å². The van der Waals surface area contributed by atoms with E-state index >= 15 is 0 Å². The standard InChI is InChI=1S/C13H11BrFNO2/c1-8(17)13-5-3-10(7-16-13)18-9-2-4-12(15)11(14)6-9/h2-8,17H,1H3. The monoisotopic (exact) mass is 311 g/mol. The molecule has 1 heterocycles. The first-order valence-corrected chi connectivity index (χ1v) is 6.12. The van der Waals surface area contributed by atoms with E-state index in [1.165, 1.54) is 24.4 Å². The van der Waals surface area contributed by atoms with Gasteiger partial charge in [0.2, 0.25) is 0 Å². The van der Waals surface area contributed by atoms with Crippen molar-refractivity contribution >= 4 is 15.9 Å². The average Bonchev–Trinajstić information content (AvgIpc) is 2.34. The molecule has 0 fully saturated rings. The van der Waals surface area contributed by atoms with Gasteiger partial charge in [0.05, 0.1) is 22.5 Å². The lowest BCUT2D eigenvalue weighted by atomic mass is 10.2. The summed E-state index contributed by atoms with van der Waals surface area (Å²) in [5.74, 6) is 0.692. The van der Waals surface area contributed by atoms with Crippen LogP contribution in [0.15, 0.2) is 41.0 Å². The molecule has 0 aliphatic carbocycles. The first-order chi connectivity index (χ1) is 8.56. The lowest BCUT2D eigenvalue weighted by molar-refractivity contribution is 0.194. The number of pyridine rings is 1. The van der Waals surface area contributed by atoms with Gasteiger partial charge in [0.1, 0.15) is 17.3 Å². The molecule has 1 N–H and O–H groups in total. The van der Waals surface area contributed by atoms with Crippen LogP contribution in [0.2, 0.25) is 0 Å². The second kappa shape index (κ2) is 5.46. The second-order valence-corrected chi connectivity index (χ2v) is 4.63. The van der Waals surface area contributed by atoms with Crippen LogP contribution in [0.5, 0.6) is 11.5 Å². The van der Waals surface area contributed by atoms with Gasteiger partial charge >= 0.3 is 0 Å². The number of rotatable bonds is 3. The second-order valence-electron chi connectivity index (χ2n) is 3.77. The summed E-state index contributed by atoms with van der Waals surface area (Å²) in [4.78, 5) is 4.05. The summed E-state index contributed by atoms with van der Waals surface area (Å²) < 4.78 is 18.9. The summed E-state index contributed by atoms with van der Waals surface area (Å²) in [7, 11) is 0. The van der Waals surface area contributed by atoms with Gasteiger partial charge in [-0.2, -0.15) is 0 Å². The molecule has 1 unspecified atom stereocenters. The van der Waals surface area contributed by atoms with Crippen molar-refractivity contribution in [2.75, 3.05) is 0 Å². The summed E-state index contributed by atoms with van der Waals surface area (Å²) in [6, 6.07) is 7.77. The lowest BCUT2D eigenvalue weighted by Gasteiger charge is -2.08. The van der Waals surface area contributed by atoms with Crippen LogP contribution in [0, 0.1) is 5.82 Å². The van der Waals surface area contributed by atoms with Gasteiger partial charge in [0.25, 0.3) is 0 Å². The zero-order valence-corrected chi connectivity index (χ0v) is 11.2. The van der Waals surface area contributed by atoms with Gasteiger partial charge in [0, 0.05) is 0 Å². The van der Waals surface area contributed by atoms with E-state index in [1.807, 2.05) is 0 Å². The van der Waals surface area contributed by atoms with Gasteiger partial charge in [-0.05, 0) is 53.2 Å². The van der Waals surface area contributed by atoms with Crippen LogP contribution in [-0.2, 0) is 0 Å². The van der Waals surface area contributed by atoms with Crippen molar-refractivity contribution in [3.05, 3.63) is 52.5 Å². The number of aliphatic hydroxyl groups excluding tert-OH is 1. The summed E-state index contributed by atoms with van der Waals surface area (Å²) in [5, 5.41) is 9.32. The first-order valence-electron chi connectivity index (χ1n) is 5.33. The first kappa shape index (κ1) is 13.0. The molecule has 0 bridgehead atoms. The van der Waals surface area contributed by atoms with E-state index in [9.17, 15) is 9.50 Å². The van der Waals surface area contributed by atoms with E-state index in [0.717, 1.165) is 0 Å². The highest BCUT2D eigenvalue weighted by molar-refractivity contribution is 9.10. The number of aromatic nitrogens is 1. The fourth-order valence-electron chi connectivity index (χ4n) is 1.38. The third-order valence-corrected chi connectivity index (χ3v) is 2.92. The Hall–Kier alpha value is -1.46. The molecule has 0 aliphatic rings. The van der Waals surface area contributed by atoms with E-state index < -0.39 is 6.10 Å². The Labute approximate surface area is 112 Å². The Balaban J connectivity index is 2.15. The normalized spacial score (nSPS) is 12.2. The van der Waals surface area contributed by atoms with E-state index in [1.54, 1.807) is 19.1 Å². The van der Waals surface area contributed by atoms with Crippen molar-refractivity contribution in [3.63, 3.8) is 0 Å². The SMILES string of the molecule is CC(O)c1ccc(Oc2ccc(F)c(Br)c2)cn1. The molecule has 1 atom stereocenters. The molecule has 0 aliphatic heterocycles. The molecule has 2 aromatic rings. The lowest BCUT2D eigenvalue weighted by Crippen LogP contribution is -1.95. The van der Waals surface area contributed by atoms with Gasteiger partial charge in [-0.1, -0.05) is 0 Å². The summed E-state index contributed by atoms with van der Waals surface area (Å²) >= 11 is 3.09. The van der Waals surface area contributed by atoms with Gasteiger partial charge in [-0.15, -0.1) is 0 Å². The van der Waals surface area contributed by atoms with Gasteiger partial charge in [-0.25, -0.2) is 4.39 Å². The van der Waals surface area contributed by atoms with Gasteiger partial charge in [-0.3, -0.25) is 4.98 Å². The number of nitrogens with zero attached hydrogens (tertiary/aromatic N) is 1. The Morgan fingerprint density at radius 2 is 2.00 bits per heavy atom. The minimum Gasteiger partial charge on any atom is -0.456 e. The highest BCUT2D eigenvalue weighted by Gasteiger charge is 2.05. The summed E-state index contributed by atoms with van der Waals surface area (Å²) in [5.41, 5.74) is 0.572. The fourth-order valence-corrected chi connectivity index (χ4v) is 1.73. The van der Waals surface area contributed by atoms with Crippen LogP contribution in [0.25, 0.3) is 0 Å². The number of hydrogen-bond donors (Lipinski definition) is 1. The van der Waals surface area contributed by atoms with E-state index in [2.05, 4.69) is 20.9 Å². The Kier molecular flexibility index (Phi) is 3.93. The van der Waals surface area contributed by atoms with Crippen LogP contribution in [0.1, 0.15) is 18.7 Å². The molecule has 0 spiro atoms. The summed E-state index contributed by atoms with van der Waals surface area (Å²) in [6.45, 7) is 1.64. The largest absolute Gasteiger partial charge is 0.456 e. The molecule has 1 aromatic carbocycles. The maximum atomic E-state index is 13.0. The number of ether oxygens (including phenoxy) is 1. The molecule has 0 amide bonds. The van der Waals surface area contributed by atoms with Crippen LogP contribution in [0.4, 0.5) is 4.39 Å². The molecule has 0 saturated heterocycles. The van der Waals surface area contributed by atoms with Crippen molar-refractivity contribution in [3.8, 4) is 11.5 Å². The number of halogens is 2. The number of hydrogen-bond acceptors (Lipinski definition) is 3. The van der Waals surface area contributed by atoms with Crippen LogP contribution >= 0.6 is 15.9 Å². The fraction of sp³-hybridized carbons (Fsp3) is 0.154. The molecule has 18 heavy (non-hydrogen) atoms. The topological polar surface area (TPSA) is 42.4 Å².